The molecule has 0 spiro atoms. The fourth-order valence-electron chi connectivity index (χ4n) is 3.90. The van der Waals surface area contributed by atoms with E-state index in [1.165, 1.54) is 16.4 Å². The van der Waals surface area contributed by atoms with Gasteiger partial charge in [0, 0.05) is 22.7 Å². The fourth-order valence-corrected chi connectivity index (χ4v) is 5.34. The normalized spacial score (nSPS) is 17.4. The molecule has 4 rings (SSSR count). The summed E-state index contributed by atoms with van der Waals surface area (Å²) < 4.78 is 40.0. The lowest BCUT2D eigenvalue weighted by Crippen LogP contribution is -3.18. The molecule has 6 nitrogen and oxygen atoms in total. The summed E-state index contributed by atoms with van der Waals surface area (Å²) in [4.78, 5) is 17.3. The minimum Gasteiger partial charge on any atom is -0.360 e. The Labute approximate surface area is 169 Å². The number of aromatic nitrogens is 1. The van der Waals surface area contributed by atoms with E-state index in [2.05, 4.69) is 4.98 Å². The topological polar surface area (TPSA) is 74.7 Å². The largest absolute Gasteiger partial charge is 0.360 e. The van der Waals surface area contributed by atoms with E-state index >= 15 is 0 Å². The van der Waals surface area contributed by atoms with Crippen molar-refractivity contribution in [2.75, 3.05) is 26.2 Å². The number of carbonyl (C=O) groups is 1. The molecule has 3 aromatic rings. The average Bonchev–Trinajstić information content (AvgIpc) is 3.17. The van der Waals surface area contributed by atoms with Crippen molar-refractivity contribution in [3.63, 3.8) is 0 Å². The number of benzene rings is 2. The summed E-state index contributed by atoms with van der Waals surface area (Å²) in [7, 11) is -3.66. The van der Waals surface area contributed by atoms with Crippen LogP contribution in [-0.4, -0.2) is 55.7 Å². The molecule has 29 heavy (non-hydrogen) atoms. The SMILES string of the molecule is C[C@@H](C(=O)c1c[nH]c2ccccc12)[NH+]1CCN(S(=O)(=O)c2ccc(F)cc2)CC1. The minimum absolute atomic E-state index is 0.0484. The number of nitrogens with one attached hydrogen (secondary N) is 2. The molecule has 0 saturated carbocycles. The molecule has 0 unspecified atom stereocenters. The van der Waals surface area contributed by atoms with E-state index < -0.39 is 15.8 Å². The van der Waals surface area contributed by atoms with Crippen molar-refractivity contribution in [3.05, 3.63) is 66.1 Å². The van der Waals surface area contributed by atoms with E-state index in [1.54, 1.807) is 6.20 Å². The van der Waals surface area contributed by atoms with Gasteiger partial charge >= 0.3 is 0 Å². The number of sulfonamides is 1. The molecule has 1 atom stereocenters. The second-order valence-electron chi connectivity index (χ2n) is 7.35. The molecule has 0 bridgehead atoms. The van der Waals surface area contributed by atoms with E-state index in [0.717, 1.165) is 27.9 Å². The van der Waals surface area contributed by atoms with Gasteiger partial charge in [-0.05, 0) is 37.3 Å². The Morgan fingerprint density at radius 2 is 1.76 bits per heavy atom. The van der Waals surface area contributed by atoms with Crippen LogP contribution in [0.5, 0.6) is 0 Å². The molecule has 2 N–H and O–H groups in total. The fraction of sp³-hybridized carbons (Fsp3) is 0.286. The summed E-state index contributed by atoms with van der Waals surface area (Å²) in [5, 5.41) is 0.904. The Morgan fingerprint density at radius 3 is 2.45 bits per heavy atom. The Hall–Kier alpha value is -2.55. The van der Waals surface area contributed by atoms with E-state index in [4.69, 9.17) is 0 Å². The molecule has 1 saturated heterocycles. The van der Waals surface area contributed by atoms with Crippen LogP contribution in [0.25, 0.3) is 10.9 Å². The number of fused-ring (bicyclic) bond motifs is 1. The van der Waals surface area contributed by atoms with Crippen molar-refractivity contribution in [2.24, 2.45) is 0 Å². The number of Topliss-reactive ketones (excluding diaryl/α,β-unsaturated/α-hetero) is 1. The van der Waals surface area contributed by atoms with Crippen molar-refractivity contribution in [3.8, 4) is 0 Å². The highest BCUT2D eigenvalue weighted by atomic mass is 32.2. The van der Waals surface area contributed by atoms with Gasteiger partial charge in [-0.2, -0.15) is 4.31 Å². The smallest absolute Gasteiger partial charge is 0.243 e. The van der Waals surface area contributed by atoms with Gasteiger partial charge < -0.3 is 9.88 Å². The number of halogens is 1. The Balaban J connectivity index is 1.45. The first-order chi connectivity index (χ1) is 13.9. The average molecular weight is 416 g/mol. The maximum absolute atomic E-state index is 13.1. The summed E-state index contributed by atoms with van der Waals surface area (Å²) in [6.07, 6.45) is 1.75. The Bertz CT molecular complexity index is 1130. The molecule has 8 heteroatoms. The third-order valence-electron chi connectivity index (χ3n) is 5.68. The van der Waals surface area contributed by atoms with E-state index in [-0.39, 0.29) is 16.7 Å². The number of piperazine rings is 1. The molecule has 2 heterocycles. The maximum atomic E-state index is 13.1. The minimum atomic E-state index is -3.66. The van der Waals surface area contributed by atoms with E-state index in [9.17, 15) is 17.6 Å². The Morgan fingerprint density at radius 1 is 1.10 bits per heavy atom. The van der Waals surface area contributed by atoms with Crippen LogP contribution in [0.15, 0.2) is 59.6 Å². The van der Waals surface area contributed by atoms with Crippen molar-refractivity contribution >= 4 is 26.7 Å². The molecule has 1 aliphatic heterocycles. The standard InChI is InChI=1S/C21H22FN3O3S/c1-15(21(26)19-14-23-20-5-3-2-4-18(19)20)24-10-12-25(13-11-24)29(27,28)17-8-6-16(22)7-9-17/h2-9,14-15,23H,10-13H2,1H3/p+1/t15-/m0/s1. The van der Waals surface area contributed by atoms with Crippen LogP contribution in [0.2, 0.25) is 0 Å². The number of hydrogen-bond acceptors (Lipinski definition) is 3. The number of quaternary nitrogens is 1. The predicted molar refractivity (Wildman–Crippen MR) is 108 cm³/mol. The van der Waals surface area contributed by atoms with Crippen LogP contribution in [0.4, 0.5) is 4.39 Å². The maximum Gasteiger partial charge on any atom is 0.243 e. The number of carbonyl (C=O) groups excluding carboxylic acids is 1. The molecule has 0 aliphatic carbocycles. The molecule has 152 valence electrons. The summed E-state index contributed by atoms with van der Waals surface area (Å²) in [6.45, 7) is 3.61. The van der Waals surface area contributed by atoms with Crippen LogP contribution in [-0.2, 0) is 10.0 Å². The number of para-hydroxylation sites is 1. The quantitative estimate of drug-likeness (QED) is 0.619. The predicted octanol–water partition coefficient (Wildman–Crippen LogP) is 1.47. The molecule has 1 fully saturated rings. The molecule has 0 radical (unpaired) electrons. The second kappa shape index (κ2) is 7.70. The monoisotopic (exact) mass is 416 g/mol. The number of aromatic amines is 1. The van der Waals surface area contributed by atoms with E-state index in [1.807, 2.05) is 31.2 Å². The van der Waals surface area contributed by atoms with Gasteiger partial charge in [0.25, 0.3) is 0 Å². The van der Waals surface area contributed by atoms with Crippen LogP contribution in [0.3, 0.4) is 0 Å². The van der Waals surface area contributed by atoms with Gasteiger partial charge in [-0.15, -0.1) is 0 Å². The van der Waals surface area contributed by atoms with Gasteiger partial charge in [0.2, 0.25) is 15.8 Å². The number of rotatable bonds is 5. The highest BCUT2D eigenvalue weighted by Gasteiger charge is 2.35. The zero-order valence-electron chi connectivity index (χ0n) is 16.1. The highest BCUT2D eigenvalue weighted by molar-refractivity contribution is 7.89. The van der Waals surface area contributed by atoms with Crippen molar-refractivity contribution < 1.29 is 22.5 Å². The first kappa shape index (κ1) is 19.8. The van der Waals surface area contributed by atoms with E-state index in [0.29, 0.717) is 31.7 Å². The lowest BCUT2D eigenvalue weighted by molar-refractivity contribution is -0.917. The van der Waals surface area contributed by atoms with Crippen molar-refractivity contribution in [2.45, 2.75) is 17.9 Å². The zero-order chi connectivity index (χ0) is 20.6. The summed E-state index contributed by atoms with van der Waals surface area (Å²) in [6, 6.07) is 12.3. The molecule has 1 aliphatic rings. The van der Waals surface area contributed by atoms with Gasteiger partial charge in [0.1, 0.15) is 11.9 Å². The van der Waals surface area contributed by atoms with Gasteiger partial charge in [-0.3, -0.25) is 4.79 Å². The summed E-state index contributed by atoms with van der Waals surface area (Å²) >= 11 is 0. The van der Waals surface area contributed by atoms with Gasteiger partial charge in [0.05, 0.1) is 31.1 Å². The first-order valence-corrected chi connectivity index (χ1v) is 11.0. The van der Waals surface area contributed by atoms with Crippen molar-refractivity contribution in [1.82, 2.24) is 9.29 Å². The molecule has 0 amide bonds. The number of nitrogens with zero attached hydrogens (tertiary/aromatic N) is 1. The third kappa shape index (κ3) is 3.71. The van der Waals surface area contributed by atoms with Crippen molar-refractivity contribution in [1.29, 1.82) is 0 Å². The lowest BCUT2D eigenvalue weighted by Gasteiger charge is -2.34. The van der Waals surface area contributed by atoms with Crippen LogP contribution >= 0.6 is 0 Å². The summed E-state index contributed by atoms with van der Waals surface area (Å²) in [5.41, 5.74) is 1.59. The molecule has 2 aromatic carbocycles. The molecule has 1 aromatic heterocycles. The van der Waals surface area contributed by atoms with Gasteiger partial charge in [-0.1, -0.05) is 18.2 Å². The Kier molecular flexibility index (Phi) is 5.24. The van der Waals surface area contributed by atoms with Gasteiger partial charge in [-0.25, -0.2) is 12.8 Å². The van der Waals surface area contributed by atoms with Gasteiger partial charge in [0.15, 0.2) is 0 Å². The molecular weight excluding hydrogens is 393 g/mol. The van der Waals surface area contributed by atoms with Crippen LogP contribution in [0.1, 0.15) is 17.3 Å². The third-order valence-corrected chi connectivity index (χ3v) is 7.59. The zero-order valence-corrected chi connectivity index (χ0v) is 16.9. The lowest BCUT2D eigenvalue weighted by atomic mass is 10.0. The molecular formula is C21H23FN3O3S+. The van der Waals surface area contributed by atoms with Crippen LogP contribution < -0.4 is 4.90 Å². The summed E-state index contributed by atoms with van der Waals surface area (Å²) in [5.74, 6) is -0.421. The number of ketones is 1. The first-order valence-electron chi connectivity index (χ1n) is 9.58. The highest BCUT2D eigenvalue weighted by Crippen LogP contribution is 2.19. The number of hydrogen-bond donors (Lipinski definition) is 2. The van der Waals surface area contributed by atoms with Crippen LogP contribution in [0, 0.1) is 5.82 Å². The second-order valence-corrected chi connectivity index (χ2v) is 9.29. The number of H-pyrrole nitrogens is 1.